The third-order valence-corrected chi connectivity index (χ3v) is 6.96. The smallest absolute Gasteiger partial charge is 0.385 e. The topological polar surface area (TPSA) is 32.3 Å². The first-order chi connectivity index (χ1) is 17.2. The van der Waals surface area contributed by atoms with Gasteiger partial charge in [-0.2, -0.15) is 13.2 Å². The number of rotatable bonds is 9. The summed E-state index contributed by atoms with van der Waals surface area (Å²) in [6.07, 6.45) is -0.425. The van der Waals surface area contributed by atoms with E-state index in [1.54, 1.807) is 29.2 Å². The van der Waals surface area contributed by atoms with Crippen LogP contribution in [0.3, 0.4) is 0 Å². The highest BCUT2D eigenvalue weighted by Crippen LogP contribution is 2.36. The van der Waals surface area contributed by atoms with Gasteiger partial charge in [-0.05, 0) is 73.1 Å². The predicted molar refractivity (Wildman–Crippen MR) is 139 cm³/mol. The number of alkyl halides is 3. The minimum Gasteiger partial charge on any atom is -0.385 e. The van der Waals surface area contributed by atoms with Crippen molar-refractivity contribution in [2.24, 2.45) is 0 Å². The molecule has 1 fully saturated rings. The zero-order valence-corrected chi connectivity index (χ0v) is 21.0. The summed E-state index contributed by atoms with van der Waals surface area (Å²) in [6, 6.07) is 18.8. The summed E-state index contributed by atoms with van der Waals surface area (Å²) in [4.78, 5) is 15.4. The van der Waals surface area contributed by atoms with Crippen LogP contribution in [-0.2, 0) is 19.1 Å². The summed E-state index contributed by atoms with van der Waals surface area (Å²) in [5, 5.41) is 3.65. The molecule has 7 heteroatoms. The predicted octanol–water partition coefficient (Wildman–Crippen LogP) is 7.94. The SMILES string of the molecule is CCNc1ccc(Cl)cc1C(=O)N(CCc1cccc(C(F)(F)F)c1)Cc1ccc(C2CCC2)cc1. The molecule has 0 spiro atoms. The number of nitrogens with one attached hydrogen (secondary N) is 1. The summed E-state index contributed by atoms with van der Waals surface area (Å²) in [5.41, 5.74) is 3.25. The van der Waals surface area contributed by atoms with Crippen LogP contribution < -0.4 is 5.32 Å². The van der Waals surface area contributed by atoms with Gasteiger partial charge in [-0.3, -0.25) is 4.79 Å². The summed E-state index contributed by atoms with van der Waals surface area (Å²) >= 11 is 6.22. The summed E-state index contributed by atoms with van der Waals surface area (Å²) in [6.45, 7) is 3.19. The van der Waals surface area contributed by atoms with Crippen molar-refractivity contribution in [3.8, 4) is 0 Å². The van der Waals surface area contributed by atoms with E-state index in [1.807, 2.05) is 19.1 Å². The molecule has 0 atom stereocenters. The van der Waals surface area contributed by atoms with E-state index in [9.17, 15) is 18.0 Å². The van der Waals surface area contributed by atoms with Crippen molar-refractivity contribution in [2.45, 2.75) is 51.2 Å². The molecule has 1 N–H and O–H groups in total. The van der Waals surface area contributed by atoms with Crippen molar-refractivity contribution in [1.29, 1.82) is 0 Å². The Bertz CT molecular complexity index is 1190. The Balaban J connectivity index is 1.58. The van der Waals surface area contributed by atoms with Gasteiger partial charge >= 0.3 is 6.18 Å². The Morgan fingerprint density at radius 2 is 1.78 bits per heavy atom. The molecular weight excluding hydrogens is 485 g/mol. The van der Waals surface area contributed by atoms with Crippen molar-refractivity contribution < 1.29 is 18.0 Å². The highest BCUT2D eigenvalue weighted by Gasteiger charge is 2.30. The Morgan fingerprint density at radius 3 is 2.42 bits per heavy atom. The first-order valence-electron chi connectivity index (χ1n) is 12.3. The standard InChI is InChI=1S/C29H30ClF3N2O/c1-2-34-27-14-13-25(30)18-26(27)28(36)35(16-15-20-5-3-8-24(17-20)29(31,32)33)19-21-9-11-23(12-10-21)22-6-4-7-22/h3,5,8-14,17-18,22,34H,2,4,6-7,15-16,19H2,1H3. The van der Waals surface area contributed by atoms with E-state index in [2.05, 4.69) is 17.4 Å². The second-order valence-corrected chi connectivity index (χ2v) is 9.70. The minimum absolute atomic E-state index is 0.219. The zero-order valence-electron chi connectivity index (χ0n) is 20.2. The van der Waals surface area contributed by atoms with Crippen LogP contribution >= 0.6 is 11.6 Å². The highest BCUT2D eigenvalue weighted by atomic mass is 35.5. The molecule has 0 aliphatic heterocycles. The van der Waals surface area contributed by atoms with Crippen molar-refractivity contribution in [3.63, 3.8) is 0 Å². The fraction of sp³-hybridized carbons (Fsp3) is 0.345. The monoisotopic (exact) mass is 514 g/mol. The summed E-state index contributed by atoms with van der Waals surface area (Å²) < 4.78 is 39.6. The van der Waals surface area contributed by atoms with Gasteiger partial charge < -0.3 is 10.2 Å². The molecule has 1 amide bonds. The molecule has 4 rings (SSSR count). The lowest BCUT2D eigenvalue weighted by Crippen LogP contribution is -2.33. The molecule has 0 aromatic heterocycles. The molecule has 0 heterocycles. The molecule has 3 aromatic carbocycles. The van der Waals surface area contributed by atoms with E-state index in [0.29, 0.717) is 47.3 Å². The maximum atomic E-state index is 13.7. The van der Waals surface area contributed by atoms with Crippen molar-refractivity contribution in [1.82, 2.24) is 4.90 Å². The number of carbonyl (C=O) groups excluding carboxylic acids is 1. The number of benzene rings is 3. The highest BCUT2D eigenvalue weighted by molar-refractivity contribution is 6.31. The molecule has 0 saturated heterocycles. The van der Waals surface area contributed by atoms with Gasteiger partial charge in [0.05, 0.1) is 11.1 Å². The lowest BCUT2D eigenvalue weighted by Gasteiger charge is -2.27. The van der Waals surface area contributed by atoms with Gasteiger partial charge in [0.25, 0.3) is 5.91 Å². The van der Waals surface area contributed by atoms with Gasteiger partial charge in [0, 0.05) is 30.3 Å². The minimum atomic E-state index is -4.41. The molecule has 3 nitrogen and oxygen atoms in total. The van der Waals surface area contributed by atoms with Crippen LogP contribution in [0.1, 0.15) is 64.7 Å². The Kier molecular flexibility index (Phi) is 8.24. The molecule has 1 saturated carbocycles. The van der Waals surface area contributed by atoms with Gasteiger partial charge in [-0.15, -0.1) is 0 Å². The van der Waals surface area contributed by atoms with E-state index < -0.39 is 11.7 Å². The average molecular weight is 515 g/mol. The number of carbonyl (C=O) groups is 1. The summed E-state index contributed by atoms with van der Waals surface area (Å²) in [7, 11) is 0. The van der Waals surface area contributed by atoms with Crippen LogP contribution in [0.25, 0.3) is 0 Å². The molecule has 190 valence electrons. The number of hydrogen-bond donors (Lipinski definition) is 1. The molecular formula is C29H30ClF3N2O. The second-order valence-electron chi connectivity index (χ2n) is 9.26. The third kappa shape index (κ3) is 6.41. The lowest BCUT2D eigenvalue weighted by atomic mass is 9.80. The first kappa shape index (κ1) is 26.1. The van der Waals surface area contributed by atoms with Gasteiger partial charge in [0.2, 0.25) is 0 Å². The number of amides is 1. The number of nitrogens with zero attached hydrogens (tertiary/aromatic N) is 1. The molecule has 0 unspecified atom stereocenters. The fourth-order valence-corrected chi connectivity index (χ4v) is 4.66. The van der Waals surface area contributed by atoms with E-state index in [4.69, 9.17) is 11.6 Å². The van der Waals surface area contributed by atoms with E-state index in [-0.39, 0.29) is 12.5 Å². The maximum Gasteiger partial charge on any atom is 0.416 e. The molecule has 1 aliphatic carbocycles. The van der Waals surface area contributed by atoms with Crippen LogP contribution in [-0.4, -0.2) is 23.9 Å². The van der Waals surface area contributed by atoms with Gasteiger partial charge in [0.1, 0.15) is 0 Å². The molecule has 36 heavy (non-hydrogen) atoms. The van der Waals surface area contributed by atoms with Crippen molar-refractivity contribution in [3.05, 3.63) is 99.6 Å². The van der Waals surface area contributed by atoms with Gasteiger partial charge in [-0.25, -0.2) is 0 Å². The van der Waals surface area contributed by atoms with Crippen LogP contribution in [0, 0.1) is 0 Å². The van der Waals surface area contributed by atoms with Crippen LogP contribution in [0.5, 0.6) is 0 Å². The van der Waals surface area contributed by atoms with Crippen LogP contribution in [0.15, 0.2) is 66.7 Å². The second kappa shape index (κ2) is 11.4. The fourth-order valence-electron chi connectivity index (χ4n) is 4.49. The van der Waals surface area contributed by atoms with E-state index in [0.717, 1.165) is 17.7 Å². The van der Waals surface area contributed by atoms with Crippen LogP contribution in [0.2, 0.25) is 5.02 Å². The van der Waals surface area contributed by atoms with E-state index >= 15 is 0 Å². The lowest BCUT2D eigenvalue weighted by molar-refractivity contribution is -0.137. The number of anilines is 1. The molecule has 3 aromatic rings. The normalized spacial score (nSPS) is 13.8. The Morgan fingerprint density at radius 1 is 1.03 bits per heavy atom. The van der Waals surface area contributed by atoms with Gasteiger partial charge in [0.15, 0.2) is 0 Å². The zero-order chi connectivity index (χ0) is 25.7. The molecule has 0 radical (unpaired) electrons. The van der Waals surface area contributed by atoms with Crippen molar-refractivity contribution >= 4 is 23.2 Å². The van der Waals surface area contributed by atoms with Crippen molar-refractivity contribution in [2.75, 3.05) is 18.4 Å². The van der Waals surface area contributed by atoms with Gasteiger partial charge in [-0.1, -0.05) is 60.5 Å². The first-order valence-corrected chi connectivity index (χ1v) is 12.7. The number of hydrogen-bond acceptors (Lipinski definition) is 2. The molecule has 1 aliphatic rings. The summed E-state index contributed by atoms with van der Waals surface area (Å²) in [5.74, 6) is 0.398. The van der Waals surface area contributed by atoms with E-state index in [1.165, 1.54) is 30.9 Å². The number of halogens is 4. The maximum absolute atomic E-state index is 13.7. The Labute approximate surface area is 215 Å². The third-order valence-electron chi connectivity index (χ3n) is 6.72. The Hall–Kier alpha value is -2.99. The average Bonchev–Trinajstić information content (AvgIpc) is 2.82. The van der Waals surface area contributed by atoms with Crippen LogP contribution in [0.4, 0.5) is 18.9 Å². The quantitative estimate of drug-likeness (QED) is 0.314. The largest absolute Gasteiger partial charge is 0.416 e. The molecule has 0 bridgehead atoms.